The van der Waals surface area contributed by atoms with Crippen molar-refractivity contribution in [3.63, 3.8) is 0 Å². The molecular weight excluding hydrogens is 266 g/mol. The minimum atomic E-state index is 0.133. The molecule has 1 aromatic heterocycles. The lowest BCUT2D eigenvalue weighted by molar-refractivity contribution is 0.318. The minimum Gasteiger partial charge on any atom is -0.409 e. The van der Waals surface area contributed by atoms with Crippen LogP contribution in [0.4, 0.5) is 0 Å². The van der Waals surface area contributed by atoms with Gasteiger partial charge in [-0.3, -0.25) is 9.58 Å². The molecule has 0 radical (unpaired) electrons. The van der Waals surface area contributed by atoms with Crippen molar-refractivity contribution in [2.24, 2.45) is 17.9 Å². The third kappa shape index (κ3) is 3.82. The van der Waals surface area contributed by atoms with E-state index in [4.69, 9.17) is 10.9 Å². The Morgan fingerprint density at radius 3 is 2.76 bits per heavy atom. The molecule has 0 spiro atoms. The molecule has 6 heteroatoms. The molecular formula is C15H21N5O. The van der Waals surface area contributed by atoms with E-state index in [2.05, 4.69) is 22.2 Å². The second kappa shape index (κ2) is 6.41. The summed E-state index contributed by atoms with van der Waals surface area (Å²) in [5.74, 6) is 0.133. The molecule has 112 valence electrons. The zero-order valence-corrected chi connectivity index (χ0v) is 12.6. The van der Waals surface area contributed by atoms with E-state index < -0.39 is 0 Å². The van der Waals surface area contributed by atoms with Crippen molar-refractivity contribution in [2.45, 2.75) is 20.0 Å². The molecule has 6 nitrogen and oxygen atoms in total. The second-order valence-electron chi connectivity index (χ2n) is 5.32. The predicted octanol–water partition coefficient (Wildman–Crippen LogP) is 1.46. The van der Waals surface area contributed by atoms with E-state index in [1.165, 1.54) is 11.1 Å². The van der Waals surface area contributed by atoms with Crippen LogP contribution in [0.25, 0.3) is 0 Å². The number of hydrogen-bond donors (Lipinski definition) is 2. The normalized spacial score (nSPS) is 12.1. The fraction of sp³-hybridized carbons (Fsp3) is 0.333. The van der Waals surface area contributed by atoms with Crippen molar-refractivity contribution >= 4 is 5.84 Å². The number of benzene rings is 1. The highest BCUT2D eigenvalue weighted by atomic mass is 16.4. The Morgan fingerprint density at radius 2 is 2.19 bits per heavy atom. The summed E-state index contributed by atoms with van der Waals surface area (Å²) in [4.78, 5) is 2.22. The first-order valence-electron chi connectivity index (χ1n) is 6.73. The molecule has 2 rings (SSSR count). The van der Waals surface area contributed by atoms with Gasteiger partial charge in [-0.2, -0.15) is 5.10 Å². The van der Waals surface area contributed by atoms with E-state index in [1.54, 1.807) is 4.68 Å². The van der Waals surface area contributed by atoms with Gasteiger partial charge in [0.15, 0.2) is 5.84 Å². The lowest BCUT2D eigenvalue weighted by atomic mass is 10.0. The van der Waals surface area contributed by atoms with E-state index in [1.807, 2.05) is 44.6 Å². The van der Waals surface area contributed by atoms with E-state index in [0.29, 0.717) is 0 Å². The monoisotopic (exact) mass is 287 g/mol. The smallest absolute Gasteiger partial charge is 0.170 e. The summed E-state index contributed by atoms with van der Waals surface area (Å²) in [6.45, 7) is 3.70. The Balaban J connectivity index is 2.05. The third-order valence-corrected chi connectivity index (χ3v) is 3.40. The average molecular weight is 287 g/mol. The van der Waals surface area contributed by atoms with Gasteiger partial charge in [-0.1, -0.05) is 17.3 Å². The molecule has 3 N–H and O–H groups in total. The maximum absolute atomic E-state index is 8.71. The highest BCUT2D eigenvalue weighted by Crippen LogP contribution is 2.14. The zero-order valence-electron chi connectivity index (χ0n) is 12.6. The standard InChI is InChI=1S/C15H21N5O/c1-11-6-13(15(16)18-21)4-5-14(11)10-19(2)8-12-7-17-20(3)9-12/h4-7,9,21H,8,10H2,1-3H3,(H2,16,18). The summed E-state index contributed by atoms with van der Waals surface area (Å²) in [6, 6.07) is 5.82. The van der Waals surface area contributed by atoms with Gasteiger partial charge in [-0.05, 0) is 31.2 Å². The maximum atomic E-state index is 8.71. The molecule has 2 aromatic rings. The fourth-order valence-corrected chi connectivity index (χ4v) is 2.30. The van der Waals surface area contributed by atoms with Crippen molar-refractivity contribution in [1.82, 2.24) is 14.7 Å². The predicted molar refractivity (Wildman–Crippen MR) is 82.1 cm³/mol. The number of nitrogens with zero attached hydrogens (tertiary/aromatic N) is 4. The molecule has 0 fully saturated rings. The van der Waals surface area contributed by atoms with Crippen molar-refractivity contribution in [1.29, 1.82) is 0 Å². The van der Waals surface area contributed by atoms with Crippen LogP contribution in [0.1, 0.15) is 22.3 Å². The molecule has 0 bridgehead atoms. The Kier molecular flexibility index (Phi) is 4.59. The van der Waals surface area contributed by atoms with E-state index in [-0.39, 0.29) is 5.84 Å². The number of aryl methyl sites for hydroxylation is 2. The van der Waals surface area contributed by atoms with Crippen molar-refractivity contribution in [3.05, 3.63) is 52.8 Å². The van der Waals surface area contributed by atoms with Crippen LogP contribution >= 0.6 is 0 Å². The number of nitrogens with two attached hydrogens (primary N) is 1. The van der Waals surface area contributed by atoms with Crippen LogP contribution in [-0.4, -0.2) is 32.8 Å². The molecule has 0 atom stereocenters. The van der Waals surface area contributed by atoms with Crippen molar-refractivity contribution in [2.75, 3.05) is 7.05 Å². The summed E-state index contributed by atoms with van der Waals surface area (Å²) in [5.41, 5.74) is 9.86. The number of rotatable bonds is 5. The first-order valence-corrected chi connectivity index (χ1v) is 6.73. The Labute approximate surface area is 124 Å². The van der Waals surface area contributed by atoms with E-state index in [0.717, 1.165) is 24.2 Å². The maximum Gasteiger partial charge on any atom is 0.170 e. The average Bonchev–Trinajstić information content (AvgIpc) is 2.85. The highest BCUT2D eigenvalue weighted by molar-refractivity contribution is 5.97. The van der Waals surface area contributed by atoms with Gasteiger partial charge in [0.2, 0.25) is 0 Å². The van der Waals surface area contributed by atoms with Crippen LogP contribution in [0.15, 0.2) is 35.7 Å². The summed E-state index contributed by atoms with van der Waals surface area (Å²) in [5, 5.41) is 15.9. The number of hydrogen-bond acceptors (Lipinski definition) is 4. The lowest BCUT2D eigenvalue weighted by Gasteiger charge is -2.17. The van der Waals surface area contributed by atoms with Crippen LogP contribution < -0.4 is 5.73 Å². The Hall–Kier alpha value is -2.34. The lowest BCUT2D eigenvalue weighted by Crippen LogP contribution is -2.18. The molecule has 0 aliphatic heterocycles. The zero-order chi connectivity index (χ0) is 15.4. The third-order valence-electron chi connectivity index (χ3n) is 3.40. The van der Waals surface area contributed by atoms with Crippen LogP contribution in [0.5, 0.6) is 0 Å². The topological polar surface area (TPSA) is 79.7 Å². The molecule has 0 saturated carbocycles. The summed E-state index contributed by atoms with van der Waals surface area (Å²) < 4.78 is 1.81. The number of aromatic nitrogens is 2. The molecule has 0 aliphatic carbocycles. The summed E-state index contributed by atoms with van der Waals surface area (Å²) in [7, 11) is 3.99. The number of amidine groups is 1. The van der Waals surface area contributed by atoms with Crippen LogP contribution in [0.2, 0.25) is 0 Å². The summed E-state index contributed by atoms with van der Waals surface area (Å²) >= 11 is 0. The van der Waals surface area contributed by atoms with Gasteiger partial charge in [0.05, 0.1) is 6.20 Å². The first-order chi connectivity index (χ1) is 9.99. The first kappa shape index (κ1) is 15.1. The molecule has 1 heterocycles. The molecule has 0 unspecified atom stereocenters. The fourth-order valence-electron chi connectivity index (χ4n) is 2.30. The van der Waals surface area contributed by atoms with Gasteiger partial charge in [0.25, 0.3) is 0 Å². The van der Waals surface area contributed by atoms with Gasteiger partial charge >= 0.3 is 0 Å². The van der Waals surface area contributed by atoms with Crippen molar-refractivity contribution in [3.8, 4) is 0 Å². The molecule has 0 aliphatic rings. The Bertz CT molecular complexity index is 647. The molecule has 0 saturated heterocycles. The van der Waals surface area contributed by atoms with Gasteiger partial charge in [-0.25, -0.2) is 0 Å². The SMILES string of the molecule is Cc1cc(/C(N)=N/O)ccc1CN(C)Cc1cnn(C)c1. The molecule has 0 amide bonds. The quantitative estimate of drug-likeness (QED) is 0.377. The van der Waals surface area contributed by atoms with Gasteiger partial charge < -0.3 is 10.9 Å². The van der Waals surface area contributed by atoms with Crippen molar-refractivity contribution < 1.29 is 5.21 Å². The van der Waals surface area contributed by atoms with E-state index >= 15 is 0 Å². The minimum absolute atomic E-state index is 0.133. The number of oxime groups is 1. The van der Waals surface area contributed by atoms with Gasteiger partial charge in [0.1, 0.15) is 0 Å². The highest BCUT2D eigenvalue weighted by Gasteiger charge is 2.07. The largest absolute Gasteiger partial charge is 0.409 e. The van der Waals surface area contributed by atoms with Crippen LogP contribution in [0.3, 0.4) is 0 Å². The summed E-state index contributed by atoms with van der Waals surface area (Å²) in [6.07, 6.45) is 3.90. The van der Waals surface area contributed by atoms with Gasteiger partial charge in [0, 0.05) is 37.5 Å². The van der Waals surface area contributed by atoms with Crippen LogP contribution in [-0.2, 0) is 20.1 Å². The Morgan fingerprint density at radius 1 is 1.43 bits per heavy atom. The molecule has 21 heavy (non-hydrogen) atoms. The van der Waals surface area contributed by atoms with Crippen LogP contribution in [0, 0.1) is 6.92 Å². The molecule has 1 aromatic carbocycles. The van der Waals surface area contributed by atoms with Gasteiger partial charge in [-0.15, -0.1) is 0 Å². The second-order valence-corrected chi connectivity index (χ2v) is 5.32. The van der Waals surface area contributed by atoms with E-state index in [9.17, 15) is 0 Å².